The number of nitrogens with zero attached hydrogens (tertiary/aromatic N) is 4. The van der Waals surface area contributed by atoms with Crippen molar-refractivity contribution in [1.29, 1.82) is 0 Å². The average Bonchev–Trinajstić information content (AvgIpc) is 2.92. The molecule has 0 aromatic carbocycles. The summed E-state index contributed by atoms with van der Waals surface area (Å²) >= 11 is 2.78. The number of aromatic nitrogens is 4. The molecule has 0 saturated carbocycles. The van der Waals surface area contributed by atoms with Gasteiger partial charge in [0, 0.05) is 0 Å². The van der Waals surface area contributed by atoms with E-state index in [4.69, 9.17) is 15.6 Å². The summed E-state index contributed by atoms with van der Waals surface area (Å²) in [6, 6.07) is 0. The molecule has 1 radical (unpaired) electrons. The fourth-order valence-electron chi connectivity index (χ4n) is 2.17. The molecule has 4 N–H and O–H groups in total. The van der Waals surface area contributed by atoms with Crippen LogP contribution in [0, 0.1) is 0 Å². The minimum atomic E-state index is -0.709. The van der Waals surface area contributed by atoms with Crippen LogP contribution in [0.15, 0.2) is 6.33 Å². The minimum absolute atomic E-state index is 0.139. The summed E-state index contributed by atoms with van der Waals surface area (Å²) in [6.45, 7) is -0.228. The second-order valence-corrected chi connectivity index (χ2v) is 5.14. The van der Waals surface area contributed by atoms with Crippen LogP contribution in [0.4, 0.5) is 5.95 Å². The van der Waals surface area contributed by atoms with E-state index in [2.05, 4.69) is 31.0 Å². The molecule has 0 unspecified atom stereocenters. The van der Waals surface area contributed by atoms with Gasteiger partial charge in [0.25, 0.3) is 0 Å². The zero-order valence-corrected chi connectivity index (χ0v) is 11.5. The van der Waals surface area contributed by atoms with Crippen molar-refractivity contribution in [2.24, 2.45) is 0 Å². The van der Waals surface area contributed by atoms with E-state index in [1.807, 2.05) is 0 Å². The predicted molar refractivity (Wildman–Crippen MR) is 66.7 cm³/mol. The van der Waals surface area contributed by atoms with E-state index in [0.29, 0.717) is 22.2 Å². The standard InChI is InChI=1S/C10H12N5O3Se/c11-10-13-8-7(9(19)14-10)12-3-15(8)6-1-4(17)5(2-16)18-6/h3-6,16-17H,1-2H2,(H2,11,13,14)/t4-,5-,6-/m1/s1. The van der Waals surface area contributed by atoms with Crippen molar-refractivity contribution in [2.75, 3.05) is 12.3 Å². The van der Waals surface area contributed by atoms with E-state index >= 15 is 0 Å². The monoisotopic (exact) mass is 330 g/mol. The second kappa shape index (κ2) is 4.69. The fraction of sp³-hybridized carbons (Fsp3) is 0.500. The topological polar surface area (TPSA) is 119 Å². The van der Waals surface area contributed by atoms with Crippen molar-refractivity contribution in [3.63, 3.8) is 0 Å². The number of aliphatic hydroxyl groups excluding tert-OH is 2. The van der Waals surface area contributed by atoms with E-state index in [9.17, 15) is 5.11 Å². The van der Waals surface area contributed by atoms with Gasteiger partial charge in [-0.2, -0.15) is 0 Å². The summed E-state index contributed by atoms with van der Waals surface area (Å²) in [6.07, 6.45) is 0.208. The van der Waals surface area contributed by atoms with Crippen molar-refractivity contribution in [1.82, 2.24) is 19.5 Å². The van der Waals surface area contributed by atoms with Gasteiger partial charge in [-0.1, -0.05) is 0 Å². The Morgan fingerprint density at radius 1 is 1.53 bits per heavy atom. The van der Waals surface area contributed by atoms with Crippen LogP contribution in [0.2, 0.25) is 0 Å². The molecule has 1 aliphatic heterocycles. The number of anilines is 1. The van der Waals surface area contributed by atoms with E-state index in [1.165, 1.54) is 0 Å². The first kappa shape index (κ1) is 12.8. The van der Waals surface area contributed by atoms with E-state index in [0.717, 1.165) is 0 Å². The molecule has 3 rings (SSSR count). The molecular formula is C10H12N5O3Se. The summed E-state index contributed by atoms with van der Waals surface area (Å²) in [7, 11) is 0. The Kier molecular flexibility index (Phi) is 3.15. The van der Waals surface area contributed by atoms with Gasteiger partial charge in [-0.3, -0.25) is 0 Å². The maximum absolute atomic E-state index is 9.76. The van der Waals surface area contributed by atoms with E-state index in [-0.39, 0.29) is 12.6 Å². The molecule has 8 nitrogen and oxygen atoms in total. The van der Waals surface area contributed by atoms with Gasteiger partial charge in [0.15, 0.2) is 0 Å². The third-order valence-corrected chi connectivity index (χ3v) is 3.70. The predicted octanol–water partition coefficient (Wildman–Crippen LogP) is -2.16. The van der Waals surface area contributed by atoms with Gasteiger partial charge in [0.1, 0.15) is 0 Å². The Bertz CT molecular complexity index is 618. The number of aliphatic hydroxyl groups is 2. The number of hydrogen-bond donors (Lipinski definition) is 3. The first-order chi connectivity index (χ1) is 9.10. The Balaban J connectivity index is 2.02. The van der Waals surface area contributed by atoms with Gasteiger partial charge in [-0.15, -0.1) is 0 Å². The van der Waals surface area contributed by atoms with Crippen LogP contribution < -0.4 is 10.3 Å². The van der Waals surface area contributed by atoms with E-state index in [1.54, 1.807) is 10.9 Å². The van der Waals surface area contributed by atoms with Crippen molar-refractivity contribution < 1.29 is 14.9 Å². The third kappa shape index (κ3) is 2.09. The number of ether oxygens (including phenoxy) is 1. The molecule has 0 bridgehead atoms. The molecular weight excluding hydrogens is 317 g/mol. The molecule has 0 aliphatic carbocycles. The number of fused-ring (bicyclic) bond motifs is 1. The molecule has 2 aromatic heterocycles. The van der Waals surface area contributed by atoms with Gasteiger partial charge in [0.05, 0.1) is 0 Å². The Morgan fingerprint density at radius 2 is 2.32 bits per heavy atom. The van der Waals surface area contributed by atoms with Crippen LogP contribution in [0.1, 0.15) is 12.6 Å². The van der Waals surface area contributed by atoms with Crippen LogP contribution in [-0.2, 0) is 4.74 Å². The first-order valence-corrected chi connectivity index (χ1v) is 6.57. The zero-order chi connectivity index (χ0) is 13.6. The van der Waals surface area contributed by atoms with Gasteiger partial charge in [-0.25, -0.2) is 0 Å². The van der Waals surface area contributed by atoms with Crippen LogP contribution in [0.25, 0.3) is 11.2 Å². The van der Waals surface area contributed by atoms with E-state index < -0.39 is 18.4 Å². The van der Waals surface area contributed by atoms with Crippen LogP contribution in [-0.4, -0.2) is 64.6 Å². The Morgan fingerprint density at radius 3 is 3.00 bits per heavy atom. The number of nitrogens with two attached hydrogens (primary N) is 1. The molecule has 1 fully saturated rings. The maximum atomic E-state index is 9.76. The van der Waals surface area contributed by atoms with Crippen LogP contribution in [0.5, 0.6) is 0 Å². The molecule has 9 heteroatoms. The number of imidazole rings is 1. The zero-order valence-electron chi connectivity index (χ0n) is 9.80. The molecule has 2 aromatic rings. The fourth-order valence-corrected chi connectivity index (χ4v) is 2.67. The third-order valence-electron chi connectivity index (χ3n) is 3.10. The number of rotatable bonds is 2. The molecule has 0 spiro atoms. The van der Waals surface area contributed by atoms with Gasteiger partial charge >= 0.3 is 116 Å². The van der Waals surface area contributed by atoms with Gasteiger partial charge in [-0.05, 0) is 0 Å². The molecule has 1 saturated heterocycles. The van der Waals surface area contributed by atoms with Crippen LogP contribution >= 0.6 is 0 Å². The van der Waals surface area contributed by atoms with Gasteiger partial charge in [0.2, 0.25) is 0 Å². The SMILES string of the molecule is Nc1nc([Se])c2ncn([C@H]3C[C@@H](O)[C@@H](CO)O3)c2n1. The Labute approximate surface area is 116 Å². The molecule has 3 heterocycles. The normalized spacial score (nSPS) is 27.2. The summed E-state index contributed by atoms with van der Waals surface area (Å²) in [5, 5.41) is 18.8. The summed E-state index contributed by atoms with van der Waals surface area (Å²) in [5.74, 6) is 0.139. The first-order valence-electron chi connectivity index (χ1n) is 5.71. The van der Waals surface area contributed by atoms with Crippen molar-refractivity contribution in [2.45, 2.75) is 24.9 Å². The quantitative estimate of drug-likeness (QED) is 0.537. The summed E-state index contributed by atoms with van der Waals surface area (Å²) in [5.41, 5.74) is 6.75. The van der Waals surface area contributed by atoms with Crippen molar-refractivity contribution >= 4 is 37.7 Å². The van der Waals surface area contributed by atoms with Gasteiger partial charge < -0.3 is 0 Å². The van der Waals surface area contributed by atoms with Crippen LogP contribution in [0.3, 0.4) is 0 Å². The van der Waals surface area contributed by atoms with Crippen molar-refractivity contribution in [3.05, 3.63) is 6.33 Å². The second-order valence-electron chi connectivity index (χ2n) is 4.33. The molecule has 1 aliphatic rings. The molecule has 101 valence electrons. The molecule has 19 heavy (non-hydrogen) atoms. The number of hydrogen-bond acceptors (Lipinski definition) is 7. The Hall–Kier alpha value is -1.25. The summed E-state index contributed by atoms with van der Waals surface area (Å²) < 4.78 is 7.82. The van der Waals surface area contributed by atoms with Crippen molar-refractivity contribution in [3.8, 4) is 0 Å². The average molecular weight is 329 g/mol. The number of nitrogen functional groups attached to an aromatic ring is 1. The molecule has 0 amide bonds. The summed E-state index contributed by atoms with van der Waals surface area (Å²) in [4.78, 5) is 12.3. The molecule has 3 atom stereocenters.